The fourth-order valence-electron chi connectivity index (χ4n) is 2.62. The topological polar surface area (TPSA) is 76.3 Å². The number of rotatable bonds is 5. The summed E-state index contributed by atoms with van der Waals surface area (Å²) in [7, 11) is 1.53. The lowest BCUT2D eigenvalue weighted by molar-refractivity contribution is 0.0952. The molecule has 3 rings (SSSR count). The van der Waals surface area contributed by atoms with Crippen LogP contribution in [0.4, 0.5) is 5.88 Å². The number of methoxy groups -OCH3 is 1. The molecule has 1 saturated heterocycles. The molecule has 2 heterocycles. The average molecular weight is 422 g/mol. The van der Waals surface area contributed by atoms with Crippen molar-refractivity contribution in [3.63, 3.8) is 0 Å². The van der Waals surface area contributed by atoms with E-state index in [4.69, 9.17) is 13.9 Å². The number of nitrogens with zero attached hydrogens (tertiary/aromatic N) is 2. The summed E-state index contributed by atoms with van der Waals surface area (Å²) in [5.41, 5.74) is 3.92. The zero-order valence-electron chi connectivity index (χ0n) is 14.6. The van der Waals surface area contributed by atoms with Crippen molar-refractivity contribution >= 4 is 33.9 Å². The molecule has 0 radical (unpaired) electrons. The van der Waals surface area contributed by atoms with Crippen LogP contribution >= 0.6 is 15.9 Å². The van der Waals surface area contributed by atoms with Gasteiger partial charge in [0.25, 0.3) is 5.91 Å². The number of furan rings is 1. The Balaban J connectivity index is 1.66. The standard InChI is InChI=1S/C18H20BrN3O4/c1-12-3-4-14(16(9-12)24-2)17(23)21-20-11-13-10-15(19)18(26-13)22-5-7-25-8-6-22/h3-4,9-11H,5-8H2,1-2H3,(H,21,23)/b20-11-. The van der Waals surface area contributed by atoms with E-state index in [1.54, 1.807) is 12.1 Å². The van der Waals surface area contributed by atoms with Crippen LogP contribution in [-0.2, 0) is 4.74 Å². The number of anilines is 1. The number of nitrogens with one attached hydrogen (secondary N) is 1. The van der Waals surface area contributed by atoms with Gasteiger partial charge in [0, 0.05) is 19.2 Å². The molecule has 0 aliphatic carbocycles. The summed E-state index contributed by atoms with van der Waals surface area (Å²) < 4.78 is 17.2. The van der Waals surface area contributed by atoms with Crippen molar-refractivity contribution < 1.29 is 18.7 Å². The number of hydrogen-bond donors (Lipinski definition) is 1. The van der Waals surface area contributed by atoms with E-state index < -0.39 is 0 Å². The molecule has 1 N–H and O–H groups in total. The lowest BCUT2D eigenvalue weighted by Crippen LogP contribution is -2.36. The number of benzene rings is 1. The van der Waals surface area contributed by atoms with E-state index in [0.29, 0.717) is 30.3 Å². The Bertz CT molecular complexity index is 813. The minimum atomic E-state index is -0.350. The Hall–Kier alpha value is -2.32. The highest BCUT2D eigenvalue weighted by atomic mass is 79.9. The molecular weight excluding hydrogens is 402 g/mol. The minimum Gasteiger partial charge on any atom is -0.496 e. The smallest absolute Gasteiger partial charge is 0.275 e. The molecule has 26 heavy (non-hydrogen) atoms. The van der Waals surface area contributed by atoms with E-state index in [9.17, 15) is 4.79 Å². The van der Waals surface area contributed by atoms with Gasteiger partial charge in [-0.3, -0.25) is 4.79 Å². The molecule has 1 aliphatic heterocycles. The first-order valence-electron chi connectivity index (χ1n) is 8.18. The second-order valence-electron chi connectivity index (χ2n) is 5.80. The van der Waals surface area contributed by atoms with Crippen LogP contribution in [0.2, 0.25) is 0 Å². The number of carbonyl (C=O) groups excluding carboxylic acids is 1. The number of aryl methyl sites for hydroxylation is 1. The first kappa shape index (κ1) is 18.5. The highest BCUT2D eigenvalue weighted by molar-refractivity contribution is 9.10. The predicted octanol–water partition coefficient (Wildman–Crippen LogP) is 2.96. The number of hydrogen-bond acceptors (Lipinski definition) is 6. The van der Waals surface area contributed by atoms with Crippen LogP contribution in [0, 0.1) is 6.92 Å². The molecule has 1 fully saturated rings. The van der Waals surface area contributed by atoms with Crippen molar-refractivity contribution in [2.24, 2.45) is 5.10 Å². The molecule has 0 unspecified atom stereocenters. The molecule has 1 aromatic carbocycles. The Labute approximate surface area is 160 Å². The normalized spacial score (nSPS) is 14.7. The Morgan fingerprint density at radius 2 is 2.12 bits per heavy atom. The summed E-state index contributed by atoms with van der Waals surface area (Å²) in [6.07, 6.45) is 1.47. The number of morpholine rings is 1. The van der Waals surface area contributed by atoms with Gasteiger partial charge in [0.1, 0.15) is 5.75 Å². The first-order valence-corrected chi connectivity index (χ1v) is 8.98. The van der Waals surface area contributed by atoms with Crippen molar-refractivity contribution in [1.29, 1.82) is 0 Å². The summed E-state index contributed by atoms with van der Waals surface area (Å²) in [6.45, 7) is 4.82. The quantitative estimate of drug-likeness (QED) is 0.593. The summed E-state index contributed by atoms with van der Waals surface area (Å²) >= 11 is 3.49. The zero-order chi connectivity index (χ0) is 18.5. The molecule has 0 atom stereocenters. The van der Waals surface area contributed by atoms with Crippen LogP contribution in [0.1, 0.15) is 21.7 Å². The third-order valence-corrected chi connectivity index (χ3v) is 4.51. The molecule has 0 spiro atoms. The second-order valence-corrected chi connectivity index (χ2v) is 6.66. The lowest BCUT2D eigenvalue weighted by atomic mass is 10.1. The highest BCUT2D eigenvalue weighted by Crippen LogP contribution is 2.30. The van der Waals surface area contributed by atoms with E-state index in [1.807, 2.05) is 19.1 Å². The Kier molecular flexibility index (Phi) is 5.95. The predicted molar refractivity (Wildman–Crippen MR) is 102 cm³/mol. The summed E-state index contributed by atoms with van der Waals surface area (Å²) in [5.74, 6) is 1.43. The van der Waals surface area contributed by atoms with Crippen LogP contribution in [-0.4, -0.2) is 45.5 Å². The van der Waals surface area contributed by atoms with E-state index >= 15 is 0 Å². The van der Waals surface area contributed by atoms with Crippen LogP contribution in [0.5, 0.6) is 5.75 Å². The molecule has 1 aliphatic rings. The van der Waals surface area contributed by atoms with Crippen molar-refractivity contribution in [2.45, 2.75) is 6.92 Å². The van der Waals surface area contributed by atoms with Crippen LogP contribution < -0.4 is 15.1 Å². The van der Waals surface area contributed by atoms with Gasteiger partial charge in [0.05, 0.1) is 36.6 Å². The number of ether oxygens (including phenoxy) is 2. The average Bonchev–Trinajstić information content (AvgIpc) is 3.02. The van der Waals surface area contributed by atoms with Gasteiger partial charge < -0.3 is 18.8 Å². The SMILES string of the molecule is COc1cc(C)ccc1C(=O)N/N=C\c1cc(Br)c(N2CCOCC2)o1. The molecule has 138 valence electrons. The molecule has 0 bridgehead atoms. The van der Waals surface area contributed by atoms with E-state index in [0.717, 1.165) is 29.0 Å². The summed E-state index contributed by atoms with van der Waals surface area (Å²) in [4.78, 5) is 14.4. The van der Waals surface area contributed by atoms with Gasteiger partial charge in [-0.05, 0) is 40.5 Å². The maximum Gasteiger partial charge on any atom is 0.275 e. The van der Waals surface area contributed by atoms with Gasteiger partial charge in [0.15, 0.2) is 5.76 Å². The van der Waals surface area contributed by atoms with Gasteiger partial charge in [-0.2, -0.15) is 5.10 Å². The molecule has 1 aromatic heterocycles. The fraction of sp³-hybridized carbons (Fsp3) is 0.333. The fourth-order valence-corrected chi connectivity index (χ4v) is 3.18. The summed E-state index contributed by atoms with van der Waals surface area (Å²) in [6, 6.07) is 7.17. The third kappa shape index (κ3) is 4.25. The van der Waals surface area contributed by atoms with E-state index in [-0.39, 0.29) is 5.91 Å². The largest absolute Gasteiger partial charge is 0.496 e. The van der Waals surface area contributed by atoms with Gasteiger partial charge in [-0.15, -0.1) is 0 Å². The van der Waals surface area contributed by atoms with Gasteiger partial charge in [-0.1, -0.05) is 6.07 Å². The van der Waals surface area contributed by atoms with Crippen LogP contribution in [0.15, 0.2) is 38.3 Å². The first-order chi connectivity index (χ1) is 12.6. The van der Waals surface area contributed by atoms with Crippen LogP contribution in [0.3, 0.4) is 0 Å². The number of carbonyl (C=O) groups is 1. The molecular formula is C18H20BrN3O4. The number of hydrazone groups is 1. The summed E-state index contributed by atoms with van der Waals surface area (Å²) in [5, 5.41) is 3.98. The zero-order valence-corrected chi connectivity index (χ0v) is 16.2. The van der Waals surface area contributed by atoms with Crippen molar-refractivity contribution in [3.8, 4) is 5.75 Å². The Morgan fingerprint density at radius 3 is 2.85 bits per heavy atom. The highest BCUT2D eigenvalue weighted by Gasteiger charge is 2.18. The number of amides is 1. The maximum atomic E-state index is 12.3. The van der Waals surface area contributed by atoms with Gasteiger partial charge in [0.2, 0.25) is 5.88 Å². The van der Waals surface area contributed by atoms with Crippen molar-refractivity contribution in [1.82, 2.24) is 5.43 Å². The Morgan fingerprint density at radius 1 is 1.35 bits per heavy atom. The van der Waals surface area contributed by atoms with E-state index in [1.165, 1.54) is 13.3 Å². The van der Waals surface area contributed by atoms with E-state index in [2.05, 4.69) is 31.4 Å². The van der Waals surface area contributed by atoms with Crippen molar-refractivity contribution in [2.75, 3.05) is 38.3 Å². The second kappa shape index (κ2) is 8.37. The monoisotopic (exact) mass is 421 g/mol. The molecule has 0 saturated carbocycles. The molecule has 8 heteroatoms. The lowest BCUT2D eigenvalue weighted by Gasteiger charge is -2.26. The molecule has 2 aromatic rings. The van der Waals surface area contributed by atoms with Gasteiger partial charge >= 0.3 is 0 Å². The third-order valence-electron chi connectivity index (χ3n) is 3.95. The number of halogens is 1. The van der Waals surface area contributed by atoms with Crippen molar-refractivity contribution in [3.05, 3.63) is 45.6 Å². The maximum absolute atomic E-state index is 12.3. The minimum absolute atomic E-state index is 0.350. The van der Waals surface area contributed by atoms with Gasteiger partial charge in [-0.25, -0.2) is 5.43 Å². The molecule has 7 nitrogen and oxygen atoms in total. The molecule has 1 amide bonds. The van der Waals surface area contributed by atoms with Crippen LogP contribution in [0.25, 0.3) is 0 Å².